The van der Waals surface area contributed by atoms with Crippen LogP contribution in [0.25, 0.3) is 0 Å². The summed E-state index contributed by atoms with van der Waals surface area (Å²) in [6.45, 7) is 2.63. The average molecular weight is 448 g/mol. The van der Waals surface area contributed by atoms with E-state index < -0.39 is 32.8 Å². The van der Waals surface area contributed by atoms with Crippen molar-refractivity contribution in [2.75, 3.05) is 24.5 Å². The van der Waals surface area contributed by atoms with Gasteiger partial charge >= 0.3 is 5.97 Å². The van der Waals surface area contributed by atoms with E-state index in [1.807, 2.05) is 0 Å². The van der Waals surface area contributed by atoms with Crippen LogP contribution < -0.4 is 4.72 Å². The van der Waals surface area contributed by atoms with Gasteiger partial charge in [-0.25, -0.2) is 17.6 Å². The molecule has 29 heavy (non-hydrogen) atoms. The fourth-order valence-electron chi connectivity index (χ4n) is 3.38. The lowest BCUT2D eigenvalue weighted by Gasteiger charge is -2.36. The molecular formula is C19H23ClFNO6S. The Kier molecular flexibility index (Phi) is 6.83. The highest BCUT2D eigenvalue weighted by Gasteiger charge is 2.45. The van der Waals surface area contributed by atoms with Crippen molar-refractivity contribution in [2.45, 2.75) is 43.6 Å². The fourth-order valence-corrected chi connectivity index (χ4v) is 5.20. The Morgan fingerprint density at radius 1 is 1.34 bits per heavy atom. The number of anilines is 1. The van der Waals surface area contributed by atoms with Crippen molar-refractivity contribution in [1.82, 2.24) is 0 Å². The molecule has 0 saturated carbocycles. The number of sulfonamides is 1. The van der Waals surface area contributed by atoms with E-state index in [-0.39, 0.29) is 35.7 Å². The van der Waals surface area contributed by atoms with Gasteiger partial charge in [0.1, 0.15) is 11.1 Å². The maximum atomic E-state index is 13.3. The summed E-state index contributed by atoms with van der Waals surface area (Å²) in [4.78, 5) is 12.6. The van der Waals surface area contributed by atoms with E-state index >= 15 is 0 Å². The van der Waals surface area contributed by atoms with Gasteiger partial charge in [0.15, 0.2) is 5.79 Å². The van der Waals surface area contributed by atoms with Crippen LogP contribution in [-0.2, 0) is 29.0 Å². The van der Waals surface area contributed by atoms with Crippen molar-refractivity contribution >= 4 is 33.3 Å². The minimum Gasteiger partial charge on any atom is -0.463 e. The minimum atomic E-state index is -4.09. The van der Waals surface area contributed by atoms with E-state index in [4.69, 9.17) is 25.8 Å². The monoisotopic (exact) mass is 447 g/mol. The first-order valence-electron chi connectivity index (χ1n) is 9.41. The van der Waals surface area contributed by atoms with Crippen LogP contribution in [0.4, 0.5) is 10.1 Å². The lowest BCUT2D eigenvalue weighted by Crippen LogP contribution is -2.44. The van der Waals surface area contributed by atoms with E-state index in [0.29, 0.717) is 13.2 Å². The molecule has 160 valence electrons. The van der Waals surface area contributed by atoms with E-state index in [1.165, 1.54) is 12.1 Å². The number of hydrogen-bond donors (Lipinski definition) is 1. The predicted octanol–water partition coefficient (Wildman–Crippen LogP) is 3.40. The van der Waals surface area contributed by atoms with Crippen LogP contribution in [0, 0.1) is 5.82 Å². The van der Waals surface area contributed by atoms with E-state index in [2.05, 4.69) is 4.72 Å². The van der Waals surface area contributed by atoms with Crippen LogP contribution in [0.3, 0.4) is 0 Å². The summed E-state index contributed by atoms with van der Waals surface area (Å²) in [5.74, 6) is -2.48. The van der Waals surface area contributed by atoms with Gasteiger partial charge in [-0.05, 0) is 50.5 Å². The Bertz CT molecular complexity index is 896. The van der Waals surface area contributed by atoms with Crippen LogP contribution in [0.1, 0.15) is 32.6 Å². The fraction of sp³-hybridized carbons (Fsp3) is 0.526. The molecule has 1 N–H and O–H groups in total. The molecule has 1 saturated heterocycles. The normalized spacial score (nSPS) is 21.9. The number of hydrogen-bond acceptors (Lipinski definition) is 6. The van der Waals surface area contributed by atoms with Gasteiger partial charge in [-0.3, -0.25) is 4.72 Å². The summed E-state index contributed by atoms with van der Waals surface area (Å²) in [6, 6.07) is 3.32. The number of carbonyl (C=O) groups is 1. The average Bonchev–Trinajstić information content (AvgIpc) is 2.89. The van der Waals surface area contributed by atoms with Gasteiger partial charge in [-0.2, -0.15) is 0 Å². The number of rotatable bonds is 5. The molecule has 1 unspecified atom stereocenters. The number of nitrogens with one attached hydrogen (secondary N) is 1. The summed E-state index contributed by atoms with van der Waals surface area (Å²) >= 11 is 5.94. The molecule has 1 aromatic carbocycles. The predicted molar refractivity (Wildman–Crippen MR) is 106 cm³/mol. The maximum Gasteiger partial charge on any atom is 0.335 e. The van der Waals surface area contributed by atoms with E-state index in [9.17, 15) is 17.6 Å². The van der Waals surface area contributed by atoms with Gasteiger partial charge in [0.05, 0.1) is 36.1 Å². The molecule has 1 fully saturated rings. The summed E-state index contributed by atoms with van der Waals surface area (Å²) in [5.41, 5.74) is -0.0238. The molecule has 1 heterocycles. The van der Waals surface area contributed by atoms with Crippen LogP contribution in [-0.4, -0.2) is 45.2 Å². The Labute approximate surface area is 174 Å². The topological polar surface area (TPSA) is 90.9 Å². The highest BCUT2D eigenvalue weighted by Crippen LogP contribution is 2.37. The van der Waals surface area contributed by atoms with Crippen molar-refractivity contribution < 1.29 is 31.8 Å². The molecule has 1 spiro atoms. The minimum absolute atomic E-state index is 0.0264. The van der Waals surface area contributed by atoms with Gasteiger partial charge < -0.3 is 14.2 Å². The highest BCUT2D eigenvalue weighted by atomic mass is 35.5. The first-order chi connectivity index (χ1) is 13.8. The van der Waals surface area contributed by atoms with Gasteiger partial charge in [-0.15, -0.1) is 0 Å². The number of carbonyl (C=O) groups excluding carboxylic acids is 1. The van der Waals surface area contributed by atoms with Gasteiger partial charge in [0.2, 0.25) is 10.0 Å². The van der Waals surface area contributed by atoms with Crippen LogP contribution in [0.15, 0.2) is 29.8 Å². The summed E-state index contributed by atoms with van der Waals surface area (Å²) in [6.07, 6.45) is 3.40. The first kappa shape index (κ1) is 22.0. The molecule has 10 heteroatoms. The van der Waals surface area contributed by atoms with E-state index in [0.717, 1.165) is 25.0 Å². The SMILES string of the molecule is CCOC(=O)C1=CC2(CCC1S(=O)(=O)Nc1ccc(F)cc1Cl)OCCCCO2. The Balaban J connectivity index is 1.94. The number of halogens is 2. The van der Waals surface area contributed by atoms with Crippen molar-refractivity contribution in [2.24, 2.45) is 0 Å². The third-order valence-corrected chi connectivity index (χ3v) is 6.83. The van der Waals surface area contributed by atoms with Crippen molar-refractivity contribution in [3.63, 3.8) is 0 Å². The summed E-state index contributed by atoms with van der Waals surface area (Å²) < 4.78 is 58.4. The molecule has 0 radical (unpaired) electrons. The third kappa shape index (κ3) is 5.09. The zero-order valence-electron chi connectivity index (χ0n) is 16.0. The van der Waals surface area contributed by atoms with E-state index in [1.54, 1.807) is 6.92 Å². The molecule has 2 aliphatic rings. The number of esters is 1. The lowest BCUT2D eigenvalue weighted by molar-refractivity contribution is -0.198. The second-order valence-electron chi connectivity index (χ2n) is 6.83. The molecule has 1 atom stereocenters. The molecule has 1 aliphatic heterocycles. The molecule has 3 rings (SSSR count). The second kappa shape index (κ2) is 8.99. The smallest absolute Gasteiger partial charge is 0.335 e. The quantitative estimate of drug-likeness (QED) is 0.696. The van der Waals surface area contributed by atoms with Gasteiger partial charge in [0, 0.05) is 6.42 Å². The second-order valence-corrected chi connectivity index (χ2v) is 9.10. The van der Waals surface area contributed by atoms with Gasteiger partial charge in [0.25, 0.3) is 0 Å². The van der Waals surface area contributed by atoms with Crippen molar-refractivity contribution in [1.29, 1.82) is 0 Å². The summed E-state index contributed by atoms with van der Waals surface area (Å²) in [7, 11) is -4.09. The van der Waals surface area contributed by atoms with Crippen LogP contribution >= 0.6 is 11.6 Å². The molecule has 7 nitrogen and oxygen atoms in total. The first-order valence-corrected chi connectivity index (χ1v) is 11.3. The lowest BCUT2D eigenvalue weighted by atomic mass is 9.94. The van der Waals surface area contributed by atoms with Gasteiger partial charge in [-0.1, -0.05) is 11.6 Å². The molecule has 0 bridgehead atoms. The molecule has 1 aromatic rings. The Hall–Kier alpha value is -1.68. The standard InChI is InChI=1S/C19H23ClFNO6S/c1-2-26-18(23)14-12-19(27-9-3-4-10-28-19)8-7-17(14)29(24,25)22-16-6-5-13(21)11-15(16)20/h5-6,11-12,17,22H,2-4,7-10H2,1H3. The van der Waals surface area contributed by atoms with Crippen molar-refractivity contribution in [3.05, 3.63) is 40.7 Å². The number of ether oxygens (including phenoxy) is 3. The molecule has 1 aliphatic carbocycles. The largest absolute Gasteiger partial charge is 0.463 e. The highest BCUT2D eigenvalue weighted by molar-refractivity contribution is 7.93. The van der Waals surface area contributed by atoms with Crippen LogP contribution in [0.5, 0.6) is 0 Å². The Morgan fingerprint density at radius 2 is 2.03 bits per heavy atom. The molecule has 0 amide bonds. The Morgan fingerprint density at radius 3 is 2.66 bits per heavy atom. The molecule has 0 aromatic heterocycles. The zero-order valence-corrected chi connectivity index (χ0v) is 17.5. The molecular weight excluding hydrogens is 425 g/mol. The summed E-state index contributed by atoms with van der Waals surface area (Å²) in [5, 5.41) is -1.28. The maximum absolute atomic E-state index is 13.3. The van der Waals surface area contributed by atoms with Crippen molar-refractivity contribution in [3.8, 4) is 0 Å². The number of benzene rings is 1. The van der Waals surface area contributed by atoms with Crippen LogP contribution in [0.2, 0.25) is 5.02 Å². The zero-order chi connectivity index (χ0) is 21.1. The third-order valence-electron chi connectivity index (χ3n) is 4.78.